The maximum Gasteiger partial charge on any atom is 0.174 e. The van der Waals surface area contributed by atoms with Crippen LogP contribution in [0, 0.1) is 0 Å². The number of ketones is 1. The Kier molecular flexibility index (Phi) is 2.62. The normalized spacial score (nSPS) is 11.6. The molecule has 3 heteroatoms. The molecule has 0 aliphatic carbocycles. The van der Waals surface area contributed by atoms with Gasteiger partial charge in [0.15, 0.2) is 11.5 Å². The van der Waals surface area contributed by atoms with E-state index < -0.39 is 5.67 Å². The van der Waals surface area contributed by atoms with Crippen LogP contribution in [0.3, 0.4) is 0 Å². The van der Waals surface area contributed by atoms with Crippen LogP contribution in [0.2, 0.25) is 0 Å². The number of hydrogen-bond acceptors (Lipinski definition) is 2. The van der Waals surface area contributed by atoms with Gasteiger partial charge in [0.05, 0.1) is 0 Å². The summed E-state index contributed by atoms with van der Waals surface area (Å²) in [4.78, 5) is 12.1. The van der Waals surface area contributed by atoms with E-state index in [1.807, 2.05) is 17.5 Å². The van der Waals surface area contributed by atoms with Gasteiger partial charge in [0.25, 0.3) is 0 Å². The molecular formula is C9H11FOS. The number of halogens is 1. The number of carbonyl (C=O) groups excluding carboxylic acids is 1. The van der Waals surface area contributed by atoms with Crippen molar-refractivity contribution in [1.29, 1.82) is 0 Å². The van der Waals surface area contributed by atoms with Gasteiger partial charge in [0.2, 0.25) is 0 Å². The summed E-state index contributed by atoms with van der Waals surface area (Å²) in [7, 11) is 0. The van der Waals surface area contributed by atoms with E-state index in [2.05, 4.69) is 0 Å². The smallest absolute Gasteiger partial charge is 0.174 e. The molecule has 66 valence electrons. The first-order valence-electron chi connectivity index (χ1n) is 3.75. The van der Waals surface area contributed by atoms with Crippen LogP contribution in [0.25, 0.3) is 0 Å². The van der Waals surface area contributed by atoms with Crippen LogP contribution in [-0.4, -0.2) is 11.5 Å². The van der Waals surface area contributed by atoms with E-state index in [0.717, 1.165) is 4.88 Å². The Labute approximate surface area is 75.2 Å². The molecule has 0 fully saturated rings. The molecule has 0 unspecified atom stereocenters. The molecule has 0 amide bonds. The number of alkyl halides is 1. The predicted molar refractivity (Wildman–Crippen MR) is 48.2 cm³/mol. The molecule has 1 heterocycles. The van der Waals surface area contributed by atoms with Gasteiger partial charge < -0.3 is 0 Å². The molecule has 0 atom stereocenters. The first kappa shape index (κ1) is 9.39. The van der Waals surface area contributed by atoms with Gasteiger partial charge in [-0.1, -0.05) is 6.07 Å². The van der Waals surface area contributed by atoms with E-state index in [4.69, 9.17) is 0 Å². The Hall–Kier alpha value is -0.700. The minimum Gasteiger partial charge on any atom is -0.296 e. The molecule has 0 saturated heterocycles. The highest BCUT2D eigenvalue weighted by atomic mass is 32.1. The summed E-state index contributed by atoms with van der Waals surface area (Å²) < 4.78 is 13.0. The lowest BCUT2D eigenvalue weighted by molar-refractivity contribution is -0.127. The van der Waals surface area contributed by atoms with E-state index in [1.54, 1.807) is 0 Å². The first-order valence-corrected chi connectivity index (χ1v) is 4.63. The summed E-state index contributed by atoms with van der Waals surface area (Å²) in [5, 5.41) is 1.88. The van der Waals surface area contributed by atoms with Gasteiger partial charge in [0, 0.05) is 11.3 Å². The van der Waals surface area contributed by atoms with E-state index in [0.29, 0.717) is 0 Å². The van der Waals surface area contributed by atoms with Crippen LogP contribution >= 0.6 is 11.3 Å². The highest BCUT2D eigenvalue weighted by molar-refractivity contribution is 7.10. The van der Waals surface area contributed by atoms with Gasteiger partial charge >= 0.3 is 0 Å². The molecule has 0 aromatic carbocycles. The van der Waals surface area contributed by atoms with E-state index in [9.17, 15) is 9.18 Å². The lowest BCUT2D eigenvalue weighted by Gasteiger charge is -2.10. The lowest BCUT2D eigenvalue weighted by atomic mass is 10.0. The van der Waals surface area contributed by atoms with Gasteiger partial charge in [-0.3, -0.25) is 4.79 Å². The molecule has 0 radical (unpaired) electrons. The van der Waals surface area contributed by atoms with Crippen LogP contribution in [0.4, 0.5) is 4.39 Å². The zero-order valence-corrected chi connectivity index (χ0v) is 7.95. The van der Waals surface area contributed by atoms with Crippen molar-refractivity contribution in [3.8, 4) is 0 Å². The minimum atomic E-state index is -1.70. The van der Waals surface area contributed by atoms with Crippen LogP contribution in [0.1, 0.15) is 18.7 Å². The number of Topliss-reactive ketones (excluding diaryl/α,β-unsaturated/α-hetero) is 1. The van der Waals surface area contributed by atoms with Crippen molar-refractivity contribution >= 4 is 17.1 Å². The fourth-order valence-corrected chi connectivity index (χ4v) is 1.49. The van der Waals surface area contributed by atoms with Crippen LogP contribution in [0.5, 0.6) is 0 Å². The van der Waals surface area contributed by atoms with E-state index in [-0.39, 0.29) is 12.2 Å². The summed E-state index contributed by atoms with van der Waals surface area (Å²) in [5.41, 5.74) is -1.70. The maximum atomic E-state index is 13.0. The fourth-order valence-electron chi connectivity index (χ4n) is 0.782. The van der Waals surface area contributed by atoms with Gasteiger partial charge in [-0.05, 0) is 25.3 Å². The van der Waals surface area contributed by atoms with Crippen molar-refractivity contribution in [1.82, 2.24) is 0 Å². The average molecular weight is 186 g/mol. The zero-order chi connectivity index (χ0) is 9.19. The topological polar surface area (TPSA) is 17.1 Å². The highest BCUT2D eigenvalue weighted by Gasteiger charge is 2.26. The number of hydrogen-bond donors (Lipinski definition) is 0. The summed E-state index contributed by atoms with van der Waals surface area (Å²) >= 11 is 1.48. The van der Waals surface area contributed by atoms with Gasteiger partial charge in [-0.15, -0.1) is 11.3 Å². The average Bonchev–Trinajstić information content (AvgIpc) is 2.37. The lowest BCUT2D eigenvalue weighted by Crippen LogP contribution is -2.27. The van der Waals surface area contributed by atoms with Crippen molar-refractivity contribution < 1.29 is 9.18 Å². The number of carbonyl (C=O) groups is 1. The molecule has 0 spiro atoms. The number of rotatable bonds is 3. The second-order valence-corrected chi connectivity index (χ2v) is 4.18. The molecule has 1 aromatic rings. The SMILES string of the molecule is CC(C)(F)C(=O)Cc1cccs1. The van der Waals surface area contributed by atoms with Crippen LogP contribution in [0.15, 0.2) is 17.5 Å². The van der Waals surface area contributed by atoms with Crippen LogP contribution < -0.4 is 0 Å². The van der Waals surface area contributed by atoms with Crippen molar-refractivity contribution in [2.45, 2.75) is 25.9 Å². The predicted octanol–water partition coefficient (Wildman–Crippen LogP) is 2.61. The Morgan fingerprint density at radius 3 is 2.75 bits per heavy atom. The molecule has 0 aliphatic rings. The Balaban J connectivity index is 2.60. The third-order valence-corrected chi connectivity index (χ3v) is 2.45. The van der Waals surface area contributed by atoms with Crippen molar-refractivity contribution in [3.63, 3.8) is 0 Å². The quantitative estimate of drug-likeness (QED) is 0.709. The highest BCUT2D eigenvalue weighted by Crippen LogP contribution is 2.16. The molecule has 0 aliphatic heterocycles. The molecule has 12 heavy (non-hydrogen) atoms. The minimum absolute atomic E-state index is 0.209. The molecule has 0 saturated carbocycles. The first-order chi connectivity index (χ1) is 5.50. The molecule has 1 rings (SSSR count). The van der Waals surface area contributed by atoms with E-state index >= 15 is 0 Å². The Bertz CT molecular complexity index is 259. The standard InChI is InChI=1S/C9H11FOS/c1-9(2,10)8(11)6-7-4-3-5-12-7/h3-5H,6H2,1-2H3. The third-order valence-electron chi connectivity index (χ3n) is 1.58. The molecule has 1 aromatic heterocycles. The van der Waals surface area contributed by atoms with Gasteiger partial charge in [0.1, 0.15) is 0 Å². The Morgan fingerprint density at radius 2 is 2.33 bits per heavy atom. The second kappa shape index (κ2) is 3.35. The van der Waals surface area contributed by atoms with Crippen molar-refractivity contribution in [3.05, 3.63) is 22.4 Å². The third kappa shape index (κ3) is 2.41. The summed E-state index contributed by atoms with van der Waals surface area (Å²) in [6.07, 6.45) is 0.209. The zero-order valence-electron chi connectivity index (χ0n) is 7.13. The fraction of sp³-hybridized carbons (Fsp3) is 0.444. The monoisotopic (exact) mass is 186 g/mol. The molecular weight excluding hydrogens is 175 g/mol. The van der Waals surface area contributed by atoms with Crippen molar-refractivity contribution in [2.24, 2.45) is 0 Å². The van der Waals surface area contributed by atoms with E-state index in [1.165, 1.54) is 25.2 Å². The van der Waals surface area contributed by atoms with Gasteiger partial charge in [-0.2, -0.15) is 0 Å². The summed E-state index contributed by atoms with van der Waals surface area (Å²) in [6.45, 7) is 2.59. The molecule has 0 bridgehead atoms. The van der Waals surface area contributed by atoms with Crippen LogP contribution in [-0.2, 0) is 11.2 Å². The maximum absolute atomic E-state index is 13.0. The Morgan fingerprint density at radius 1 is 1.67 bits per heavy atom. The largest absolute Gasteiger partial charge is 0.296 e. The molecule has 1 nitrogen and oxygen atoms in total. The van der Waals surface area contributed by atoms with Gasteiger partial charge in [-0.25, -0.2) is 4.39 Å². The molecule has 0 N–H and O–H groups in total. The van der Waals surface area contributed by atoms with Crippen molar-refractivity contribution in [2.75, 3.05) is 0 Å². The number of thiophene rings is 1. The second-order valence-electron chi connectivity index (χ2n) is 3.15. The summed E-state index contributed by atoms with van der Waals surface area (Å²) in [6, 6.07) is 3.70. The summed E-state index contributed by atoms with van der Waals surface area (Å²) in [5.74, 6) is -0.357.